The molecule has 1 atom stereocenters. The maximum Gasteiger partial charge on any atom is 0.231 e. The topological polar surface area (TPSA) is 18.5 Å². The lowest BCUT2D eigenvalue weighted by Gasteiger charge is -2.18. The average molecular weight is 227 g/mol. The van der Waals surface area contributed by atoms with Gasteiger partial charge in [0.05, 0.1) is 0 Å². The predicted octanol–water partition coefficient (Wildman–Crippen LogP) is 3.39. The van der Waals surface area contributed by atoms with Gasteiger partial charge in [0, 0.05) is 5.88 Å². The molecule has 0 aliphatic carbocycles. The molecule has 0 radical (unpaired) electrons. The molecule has 0 saturated carbocycles. The second kappa shape index (κ2) is 4.31. The van der Waals surface area contributed by atoms with E-state index >= 15 is 0 Å². The summed E-state index contributed by atoms with van der Waals surface area (Å²) >= 11 is 5.98. The van der Waals surface area contributed by atoms with E-state index in [4.69, 9.17) is 21.1 Å². The van der Waals surface area contributed by atoms with E-state index in [0.717, 1.165) is 11.5 Å². The largest absolute Gasteiger partial charge is 0.454 e. The molecular formula is C12H15ClO2. The molecular weight excluding hydrogens is 212 g/mol. The molecule has 1 aliphatic heterocycles. The monoisotopic (exact) mass is 226 g/mol. The van der Waals surface area contributed by atoms with Gasteiger partial charge in [-0.25, -0.2) is 0 Å². The number of halogens is 1. The average Bonchev–Trinajstić information content (AvgIpc) is 2.65. The minimum atomic E-state index is 0.325. The van der Waals surface area contributed by atoms with E-state index in [1.165, 1.54) is 5.56 Å². The number of fused-ring (bicyclic) bond motifs is 1. The van der Waals surface area contributed by atoms with Crippen LogP contribution in [0.1, 0.15) is 25.3 Å². The summed E-state index contributed by atoms with van der Waals surface area (Å²) in [5.41, 5.74) is 1.23. The van der Waals surface area contributed by atoms with Crippen LogP contribution in [0, 0.1) is 5.92 Å². The summed E-state index contributed by atoms with van der Waals surface area (Å²) in [5, 5.41) is 0. The molecule has 0 aromatic heterocycles. The highest BCUT2D eigenvalue weighted by Gasteiger charge is 2.19. The molecule has 2 rings (SSSR count). The van der Waals surface area contributed by atoms with E-state index in [9.17, 15) is 0 Å². The molecule has 1 aromatic carbocycles. The van der Waals surface area contributed by atoms with Crippen molar-refractivity contribution in [1.82, 2.24) is 0 Å². The Labute approximate surface area is 95.1 Å². The van der Waals surface area contributed by atoms with Crippen molar-refractivity contribution in [1.29, 1.82) is 0 Å². The molecule has 1 aromatic rings. The van der Waals surface area contributed by atoms with Crippen molar-refractivity contribution in [3.63, 3.8) is 0 Å². The van der Waals surface area contributed by atoms with Crippen molar-refractivity contribution in [3.8, 4) is 11.5 Å². The van der Waals surface area contributed by atoms with Crippen LogP contribution in [-0.2, 0) is 0 Å². The van der Waals surface area contributed by atoms with Crippen LogP contribution in [0.2, 0.25) is 0 Å². The number of hydrogen-bond donors (Lipinski definition) is 0. The third-order valence-corrected chi connectivity index (χ3v) is 3.13. The van der Waals surface area contributed by atoms with E-state index in [0.29, 0.717) is 24.5 Å². The van der Waals surface area contributed by atoms with Crippen molar-refractivity contribution in [2.45, 2.75) is 19.8 Å². The first kappa shape index (κ1) is 10.6. The molecule has 1 heterocycles. The van der Waals surface area contributed by atoms with Crippen molar-refractivity contribution in [2.24, 2.45) is 5.92 Å². The number of benzene rings is 1. The van der Waals surface area contributed by atoms with Crippen LogP contribution in [0.5, 0.6) is 11.5 Å². The number of ether oxygens (including phenoxy) is 2. The third kappa shape index (κ3) is 2.05. The van der Waals surface area contributed by atoms with Gasteiger partial charge in [-0.1, -0.05) is 19.9 Å². The maximum atomic E-state index is 5.98. The first-order valence-electron chi connectivity index (χ1n) is 5.18. The Morgan fingerprint density at radius 3 is 2.67 bits per heavy atom. The van der Waals surface area contributed by atoms with Crippen LogP contribution >= 0.6 is 11.6 Å². The van der Waals surface area contributed by atoms with Gasteiger partial charge >= 0.3 is 0 Å². The molecule has 1 unspecified atom stereocenters. The van der Waals surface area contributed by atoms with Crippen LogP contribution in [0.15, 0.2) is 18.2 Å². The van der Waals surface area contributed by atoms with Crippen LogP contribution < -0.4 is 9.47 Å². The number of alkyl halides is 1. The van der Waals surface area contributed by atoms with Gasteiger partial charge in [0.15, 0.2) is 11.5 Å². The summed E-state index contributed by atoms with van der Waals surface area (Å²) in [6, 6.07) is 6.07. The molecule has 0 saturated heterocycles. The molecule has 0 bridgehead atoms. The Kier molecular flexibility index (Phi) is 3.06. The zero-order chi connectivity index (χ0) is 10.8. The van der Waals surface area contributed by atoms with Gasteiger partial charge in [0.1, 0.15) is 0 Å². The SMILES string of the molecule is CC(C)C(CCl)c1ccc2c(c1)OCO2. The van der Waals surface area contributed by atoms with Crippen molar-refractivity contribution in [2.75, 3.05) is 12.7 Å². The van der Waals surface area contributed by atoms with Crippen LogP contribution in [0.4, 0.5) is 0 Å². The fraction of sp³-hybridized carbons (Fsp3) is 0.500. The van der Waals surface area contributed by atoms with Gasteiger partial charge in [-0.2, -0.15) is 0 Å². The van der Waals surface area contributed by atoms with Crippen LogP contribution in [-0.4, -0.2) is 12.7 Å². The highest BCUT2D eigenvalue weighted by Crippen LogP contribution is 2.36. The number of rotatable bonds is 3. The summed E-state index contributed by atoms with van der Waals surface area (Å²) in [6.45, 7) is 4.68. The first-order valence-corrected chi connectivity index (χ1v) is 5.71. The summed E-state index contributed by atoms with van der Waals surface area (Å²) in [5.74, 6) is 3.21. The van der Waals surface area contributed by atoms with Gasteiger partial charge in [0.2, 0.25) is 6.79 Å². The fourth-order valence-corrected chi connectivity index (χ4v) is 2.33. The summed E-state index contributed by atoms with van der Waals surface area (Å²) < 4.78 is 10.6. The van der Waals surface area contributed by atoms with E-state index in [1.54, 1.807) is 0 Å². The van der Waals surface area contributed by atoms with Gasteiger partial charge in [-0.05, 0) is 29.5 Å². The fourth-order valence-electron chi connectivity index (χ4n) is 1.80. The predicted molar refractivity (Wildman–Crippen MR) is 60.9 cm³/mol. The van der Waals surface area contributed by atoms with Gasteiger partial charge in [-0.15, -0.1) is 11.6 Å². The van der Waals surface area contributed by atoms with Gasteiger partial charge in [-0.3, -0.25) is 0 Å². The third-order valence-electron chi connectivity index (χ3n) is 2.80. The van der Waals surface area contributed by atoms with Crippen LogP contribution in [0.3, 0.4) is 0 Å². The molecule has 3 heteroatoms. The maximum absolute atomic E-state index is 5.98. The Bertz CT molecular complexity index is 349. The molecule has 0 spiro atoms. The summed E-state index contributed by atoms with van der Waals surface area (Å²) in [6.07, 6.45) is 0. The highest BCUT2D eigenvalue weighted by molar-refractivity contribution is 6.18. The van der Waals surface area contributed by atoms with E-state index in [2.05, 4.69) is 19.9 Å². The van der Waals surface area contributed by atoms with Crippen molar-refractivity contribution < 1.29 is 9.47 Å². The van der Waals surface area contributed by atoms with Crippen molar-refractivity contribution >= 4 is 11.6 Å². The first-order chi connectivity index (χ1) is 7.22. The minimum absolute atomic E-state index is 0.325. The lowest BCUT2D eigenvalue weighted by molar-refractivity contribution is 0.174. The quantitative estimate of drug-likeness (QED) is 0.736. The second-order valence-electron chi connectivity index (χ2n) is 4.12. The molecule has 1 aliphatic rings. The normalized spacial score (nSPS) is 15.7. The smallest absolute Gasteiger partial charge is 0.231 e. The standard InChI is InChI=1S/C12H15ClO2/c1-8(2)10(6-13)9-3-4-11-12(5-9)15-7-14-11/h3-5,8,10H,6-7H2,1-2H3. The Balaban J connectivity index is 2.28. The van der Waals surface area contributed by atoms with E-state index in [-0.39, 0.29) is 0 Å². The summed E-state index contributed by atoms with van der Waals surface area (Å²) in [7, 11) is 0. The van der Waals surface area contributed by atoms with Crippen LogP contribution in [0.25, 0.3) is 0 Å². The van der Waals surface area contributed by atoms with Gasteiger partial charge < -0.3 is 9.47 Å². The molecule has 15 heavy (non-hydrogen) atoms. The molecule has 0 N–H and O–H groups in total. The number of hydrogen-bond acceptors (Lipinski definition) is 2. The zero-order valence-corrected chi connectivity index (χ0v) is 9.75. The Morgan fingerprint density at radius 1 is 1.27 bits per heavy atom. The minimum Gasteiger partial charge on any atom is -0.454 e. The molecule has 0 amide bonds. The van der Waals surface area contributed by atoms with E-state index < -0.39 is 0 Å². The van der Waals surface area contributed by atoms with Crippen molar-refractivity contribution in [3.05, 3.63) is 23.8 Å². The Morgan fingerprint density at radius 2 is 2.00 bits per heavy atom. The van der Waals surface area contributed by atoms with Gasteiger partial charge in [0.25, 0.3) is 0 Å². The molecule has 2 nitrogen and oxygen atoms in total. The molecule has 0 fully saturated rings. The lowest BCUT2D eigenvalue weighted by Crippen LogP contribution is -2.08. The lowest BCUT2D eigenvalue weighted by atomic mass is 9.90. The summed E-state index contributed by atoms with van der Waals surface area (Å²) in [4.78, 5) is 0. The van der Waals surface area contributed by atoms with E-state index in [1.807, 2.05) is 12.1 Å². The highest BCUT2D eigenvalue weighted by atomic mass is 35.5. The Hall–Kier alpha value is -0.890. The zero-order valence-electron chi connectivity index (χ0n) is 9.00. The molecule has 82 valence electrons. The second-order valence-corrected chi connectivity index (χ2v) is 4.43.